The molecule has 0 radical (unpaired) electrons. The highest BCUT2D eigenvalue weighted by Crippen LogP contribution is 2.17. The van der Waals surface area contributed by atoms with Gasteiger partial charge >= 0.3 is 0 Å². The highest BCUT2D eigenvalue weighted by atomic mass is 35.5. The number of halogens is 1. The van der Waals surface area contributed by atoms with Crippen molar-refractivity contribution in [2.75, 3.05) is 5.73 Å². The monoisotopic (exact) mass is 151 g/mol. The lowest BCUT2D eigenvalue weighted by Gasteiger charge is -1.95. The highest BCUT2D eigenvalue weighted by molar-refractivity contribution is 6.32. The summed E-state index contributed by atoms with van der Waals surface area (Å²) < 4.78 is 0. The van der Waals surface area contributed by atoms with Crippen molar-refractivity contribution in [3.63, 3.8) is 0 Å². The van der Waals surface area contributed by atoms with Crippen LogP contribution in [-0.2, 0) is 0 Å². The summed E-state index contributed by atoms with van der Waals surface area (Å²) in [5, 5.41) is 0.530. The van der Waals surface area contributed by atoms with Crippen LogP contribution in [-0.4, -0.2) is 0 Å². The van der Waals surface area contributed by atoms with Gasteiger partial charge in [-0.1, -0.05) is 17.5 Å². The molecule has 0 aliphatic rings. The van der Waals surface area contributed by atoms with E-state index in [0.29, 0.717) is 16.3 Å². The maximum atomic E-state index is 5.71. The quantitative estimate of drug-likeness (QED) is 0.445. The first kappa shape index (κ1) is 6.98. The molecule has 0 aliphatic carbocycles. The third-order valence-electron chi connectivity index (χ3n) is 1.15. The fourth-order valence-corrected chi connectivity index (χ4v) is 0.892. The Morgan fingerprint density at radius 1 is 1.50 bits per heavy atom. The summed E-state index contributed by atoms with van der Waals surface area (Å²) in [6.45, 7) is 0. The summed E-state index contributed by atoms with van der Waals surface area (Å²) in [5.41, 5.74) is 6.73. The zero-order valence-electron chi connectivity index (χ0n) is 5.26. The van der Waals surface area contributed by atoms with E-state index in [9.17, 15) is 0 Å². The van der Waals surface area contributed by atoms with Crippen LogP contribution in [0.3, 0.4) is 0 Å². The molecule has 10 heavy (non-hydrogen) atoms. The van der Waals surface area contributed by atoms with E-state index < -0.39 is 0 Å². The van der Waals surface area contributed by atoms with Crippen molar-refractivity contribution in [2.45, 2.75) is 0 Å². The van der Waals surface area contributed by atoms with Crippen LogP contribution in [0.4, 0.5) is 5.69 Å². The number of hydrogen-bond acceptors (Lipinski definition) is 1. The van der Waals surface area contributed by atoms with Crippen molar-refractivity contribution in [3.05, 3.63) is 28.8 Å². The largest absolute Gasteiger partial charge is 0.399 e. The molecule has 0 aliphatic heterocycles. The van der Waals surface area contributed by atoms with Crippen LogP contribution in [0.1, 0.15) is 5.56 Å². The van der Waals surface area contributed by atoms with Crippen molar-refractivity contribution < 1.29 is 0 Å². The third kappa shape index (κ3) is 1.23. The first-order valence-corrected chi connectivity index (χ1v) is 3.13. The molecule has 0 spiro atoms. The van der Waals surface area contributed by atoms with E-state index >= 15 is 0 Å². The molecule has 0 saturated heterocycles. The summed E-state index contributed by atoms with van der Waals surface area (Å²) in [7, 11) is 0. The Morgan fingerprint density at radius 3 is 2.70 bits per heavy atom. The lowest BCUT2D eigenvalue weighted by Crippen LogP contribution is -1.84. The second kappa shape index (κ2) is 2.64. The maximum Gasteiger partial charge on any atom is 0.0582 e. The maximum absolute atomic E-state index is 5.71. The van der Waals surface area contributed by atoms with Gasteiger partial charge in [0.05, 0.1) is 5.02 Å². The third-order valence-corrected chi connectivity index (χ3v) is 1.46. The van der Waals surface area contributed by atoms with Crippen LogP contribution < -0.4 is 5.73 Å². The minimum Gasteiger partial charge on any atom is -0.399 e. The zero-order chi connectivity index (χ0) is 7.56. The minimum atomic E-state index is 0.530. The summed E-state index contributed by atoms with van der Waals surface area (Å²) in [5.74, 6) is 2.43. The van der Waals surface area contributed by atoms with E-state index in [1.807, 2.05) is 0 Å². The SMILES string of the molecule is C#Cc1ccc(N)cc1Cl. The molecule has 0 unspecified atom stereocenters. The number of rotatable bonds is 0. The average Bonchev–Trinajstić information content (AvgIpc) is 1.88. The molecule has 0 bridgehead atoms. The second-order valence-corrected chi connectivity index (χ2v) is 2.29. The van der Waals surface area contributed by atoms with Gasteiger partial charge in [0.25, 0.3) is 0 Å². The van der Waals surface area contributed by atoms with Crippen molar-refractivity contribution in [1.29, 1.82) is 0 Å². The summed E-state index contributed by atoms with van der Waals surface area (Å²) in [6, 6.07) is 5.08. The summed E-state index contributed by atoms with van der Waals surface area (Å²) in [4.78, 5) is 0. The number of nitrogens with two attached hydrogens (primary N) is 1. The van der Waals surface area contributed by atoms with Gasteiger partial charge in [0, 0.05) is 11.3 Å². The lowest BCUT2D eigenvalue weighted by atomic mass is 10.2. The van der Waals surface area contributed by atoms with E-state index in [0.717, 1.165) is 0 Å². The second-order valence-electron chi connectivity index (χ2n) is 1.88. The van der Waals surface area contributed by atoms with Gasteiger partial charge < -0.3 is 5.73 Å². The zero-order valence-corrected chi connectivity index (χ0v) is 6.02. The molecule has 1 aromatic rings. The predicted octanol–water partition coefficient (Wildman–Crippen LogP) is 1.90. The topological polar surface area (TPSA) is 26.0 Å². The number of hydrogen-bond donors (Lipinski definition) is 1. The van der Waals surface area contributed by atoms with Gasteiger partial charge in [0.2, 0.25) is 0 Å². The van der Waals surface area contributed by atoms with Crippen molar-refractivity contribution >= 4 is 17.3 Å². The summed E-state index contributed by atoms with van der Waals surface area (Å²) in [6.07, 6.45) is 5.13. The van der Waals surface area contributed by atoms with Crippen LogP contribution in [0.15, 0.2) is 18.2 Å². The van der Waals surface area contributed by atoms with Crippen molar-refractivity contribution in [1.82, 2.24) is 0 Å². The molecule has 0 amide bonds. The highest BCUT2D eigenvalue weighted by Gasteiger charge is 1.94. The van der Waals surface area contributed by atoms with Crippen molar-refractivity contribution in [2.24, 2.45) is 0 Å². The normalized spacial score (nSPS) is 8.80. The molecule has 0 atom stereocenters. The molecule has 0 fully saturated rings. The van der Waals surface area contributed by atoms with Gasteiger partial charge in [-0.05, 0) is 18.2 Å². The Labute approximate surface area is 64.8 Å². The average molecular weight is 152 g/mol. The fourth-order valence-electron chi connectivity index (χ4n) is 0.648. The number of terminal acetylenes is 1. The van der Waals surface area contributed by atoms with Crippen LogP contribution in [0.2, 0.25) is 5.02 Å². The number of benzene rings is 1. The van der Waals surface area contributed by atoms with E-state index in [1.54, 1.807) is 18.2 Å². The molecule has 0 heterocycles. The van der Waals surface area contributed by atoms with E-state index in [2.05, 4.69) is 5.92 Å². The Bertz CT molecular complexity index is 286. The molecule has 1 aromatic carbocycles. The molecule has 0 saturated carbocycles. The van der Waals surface area contributed by atoms with Crippen LogP contribution in [0.5, 0.6) is 0 Å². The van der Waals surface area contributed by atoms with E-state index in [-0.39, 0.29) is 0 Å². The molecular weight excluding hydrogens is 146 g/mol. The molecule has 1 rings (SSSR count). The lowest BCUT2D eigenvalue weighted by molar-refractivity contribution is 1.63. The minimum absolute atomic E-state index is 0.530. The van der Waals surface area contributed by atoms with Crippen LogP contribution >= 0.6 is 11.6 Å². The summed E-state index contributed by atoms with van der Waals surface area (Å²) >= 11 is 5.71. The Morgan fingerprint density at radius 2 is 2.20 bits per heavy atom. The van der Waals surface area contributed by atoms with Gasteiger partial charge in [-0.3, -0.25) is 0 Å². The molecule has 2 heteroatoms. The van der Waals surface area contributed by atoms with E-state index in [1.165, 1.54) is 0 Å². The smallest absolute Gasteiger partial charge is 0.0582 e. The molecule has 1 nitrogen and oxygen atoms in total. The molecule has 50 valence electrons. The molecule has 0 aromatic heterocycles. The van der Waals surface area contributed by atoms with Crippen LogP contribution in [0, 0.1) is 12.3 Å². The van der Waals surface area contributed by atoms with Gasteiger partial charge in [-0.2, -0.15) is 0 Å². The predicted molar refractivity (Wildman–Crippen MR) is 43.8 cm³/mol. The molecule has 2 N–H and O–H groups in total. The Kier molecular flexibility index (Phi) is 1.84. The van der Waals surface area contributed by atoms with Gasteiger partial charge in [-0.15, -0.1) is 6.42 Å². The van der Waals surface area contributed by atoms with Crippen molar-refractivity contribution in [3.8, 4) is 12.3 Å². The van der Waals surface area contributed by atoms with Crippen LogP contribution in [0.25, 0.3) is 0 Å². The van der Waals surface area contributed by atoms with Gasteiger partial charge in [0.1, 0.15) is 0 Å². The first-order chi connectivity index (χ1) is 4.74. The van der Waals surface area contributed by atoms with E-state index in [4.69, 9.17) is 23.8 Å². The fraction of sp³-hybridized carbons (Fsp3) is 0. The first-order valence-electron chi connectivity index (χ1n) is 2.75. The van der Waals surface area contributed by atoms with Gasteiger partial charge in [0.15, 0.2) is 0 Å². The number of anilines is 1. The Balaban J connectivity index is 3.23. The van der Waals surface area contributed by atoms with Gasteiger partial charge in [-0.25, -0.2) is 0 Å². The standard InChI is InChI=1S/C8H6ClN/c1-2-6-3-4-7(10)5-8(6)9/h1,3-5H,10H2. The number of nitrogen functional groups attached to an aromatic ring is 1. The molecular formula is C8H6ClN. The Hall–Kier alpha value is -1.13.